The molecule has 312 valence electrons. The molecule has 4 aromatic rings. The summed E-state index contributed by atoms with van der Waals surface area (Å²) in [5, 5.41) is 6.66. The molecule has 0 aromatic heterocycles. The molecule has 0 spiro atoms. The number of aliphatic imine (C=N–C) groups is 2. The highest BCUT2D eigenvalue weighted by Gasteiger charge is 2.33. The van der Waals surface area contributed by atoms with E-state index in [1.165, 1.54) is 11.4 Å². The number of nitrogens with one attached hydrogen (secondary N) is 2. The van der Waals surface area contributed by atoms with Crippen molar-refractivity contribution in [2.75, 3.05) is 72.8 Å². The van der Waals surface area contributed by atoms with Crippen LogP contribution in [-0.4, -0.2) is 111 Å². The van der Waals surface area contributed by atoms with Gasteiger partial charge in [0.2, 0.25) is 0 Å². The van der Waals surface area contributed by atoms with Gasteiger partial charge in [-0.1, -0.05) is 74.5 Å². The molecule has 2 N–H and O–H groups in total. The van der Waals surface area contributed by atoms with Gasteiger partial charge in [0, 0.05) is 75.9 Å². The predicted octanol–water partition coefficient (Wildman–Crippen LogP) is 6.20. The standard InChI is InChI=1S/C46H52N8O6/c1-3-39(53-29-25-51(26-30-53)33-15-7-5-8-16-33)49-43-45(57-37-21-13-11-19-35(37)47-43)59-41(55)23-24-42(56)60-46-44(48-36-20-12-14-22-38(36)58-46)50-40(4-2)54-31-27-52(28-32-54)34-17-9-6-10-18-34/h5-24,39-40,45-46H,3-4,25-32H2,1-2H3,(H,47,49)(H,48,50)/b24-23+. The molecule has 4 heterocycles. The lowest BCUT2D eigenvalue weighted by molar-refractivity contribution is -0.152. The van der Waals surface area contributed by atoms with Crippen molar-refractivity contribution in [1.82, 2.24) is 9.80 Å². The van der Waals surface area contributed by atoms with Crippen LogP contribution in [0.3, 0.4) is 0 Å². The third-order valence-corrected chi connectivity index (χ3v) is 11.0. The molecule has 2 fully saturated rings. The maximum atomic E-state index is 13.3. The number of anilines is 4. The number of hydrogen-bond acceptors (Lipinski definition) is 12. The van der Waals surface area contributed by atoms with Crippen molar-refractivity contribution in [2.45, 2.75) is 51.6 Å². The van der Waals surface area contributed by atoms with Gasteiger partial charge in [-0.25, -0.2) is 19.6 Å². The minimum Gasteiger partial charge on any atom is -0.445 e. The van der Waals surface area contributed by atoms with E-state index >= 15 is 0 Å². The van der Waals surface area contributed by atoms with Crippen molar-refractivity contribution in [2.24, 2.45) is 9.98 Å². The molecule has 2 saturated heterocycles. The predicted molar refractivity (Wildman–Crippen MR) is 234 cm³/mol. The summed E-state index contributed by atoms with van der Waals surface area (Å²) in [5.41, 5.74) is 3.84. The normalized spacial score (nSPS) is 21.8. The monoisotopic (exact) mass is 812 g/mol. The van der Waals surface area contributed by atoms with Crippen LogP contribution in [0, 0.1) is 0 Å². The van der Waals surface area contributed by atoms with E-state index in [0.29, 0.717) is 34.5 Å². The lowest BCUT2D eigenvalue weighted by Gasteiger charge is -2.39. The van der Waals surface area contributed by atoms with Crippen molar-refractivity contribution >= 4 is 46.4 Å². The van der Waals surface area contributed by atoms with Crippen molar-refractivity contribution in [3.63, 3.8) is 0 Å². The van der Waals surface area contributed by atoms with Gasteiger partial charge in [0.25, 0.3) is 0 Å². The van der Waals surface area contributed by atoms with E-state index in [1.807, 2.05) is 48.5 Å². The Bertz CT molecular complexity index is 2020. The van der Waals surface area contributed by atoms with Crippen LogP contribution in [-0.2, 0) is 19.1 Å². The summed E-state index contributed by atoms with van der Waals surface area (Å²) < 4.78 is 23.9. The van der Waals surface area contributed by atoms with Crippen LogP contribution in [0.2, 0.25) is 0 Å². The number of benzene rings is 4. The highest BCUT2D eigenvalue weighted by molar-refractivity contribution is 6.04. The summed E-state index contributed by atoms with van der Waals surface area (Å²) in [6.45, 7) is 10.9. The molecular formula is C46H52N8O6. The molecule has 4 aliphatic rings. The third-order valence-electron chi connectivity index (χ3n) is 11.0. The Hall–Kier alpha value is -6.38. The van der Waals surface area contributed by atoms with E-state index in [2.05, 4.69) is 92.6 Å². The van der Waals surface area contributed by atoms with E-state index in [1.54, 1.807) is 12.1 Å². The fraction of sp³-hybridized carbons (Fsp3) is 0.348. The zero-order chi connectivity index (χ0) is 41.3. The first-order valence-electron chi connectivity index (χ1n) is 20.8. The molecule has 4 aromatic carbocycles. The Kier molecular flexibility index (Phi) is 12.9. The number of piperazine rings is 2. The zero-order valence-electron chi connectivity index (χ0n) is 34.1. The average Bonchev–Trinajstić information content (AvgIpc) is 3.30. The summed E-state index contributed by atoms with van der Waals surface area (Å²) in [6, 6.07) is 35.6. The second-order valence-corrected chi connectivity index (χ2v) is 14.9. The van der Waals surface area contributed by atoms with Crippen molar-refractivity contribution in [3.8, 4) is 11.5 Å². The molecule has 4 atom stereocenters. The van der Waals surface area contributed by atoms with Gasteiger partial charge in [-0.2, -0.15) is 0 Å². The van der Waals surface area contributed by atoms with Gasteiger partial charge in [0.15, 0.2) is 11.7 Å². The highest BCUT2D eigenvalue weighted by atomic mass is 16.7. The van der Waals surface area contributed by atoms with Crippen LogP contribution in [0.15, 0.2) is 131 Å². The molecule has 0 saturated carbocycles. The molecule has 60 heavy (non-hydrogen) atoms. The fourth-order valence-corrected chi connectivity index (χ4v) is 7.87. The topological polar surface area (TPSA) is 133 Å². The molecule has 14 nitrogen and oxygen atoms in total. The summed E-state index contributed by atoms with van der Waals surface area (Å²) in [5.74, 6) is 0.141. The van der Waals surface area contributed by atoms with E-state index in [9.17, 15) is 9.59 Å². The molecular weight excluding hydrogens is 761 g/mol. The number of para-hydroxylation sites is 6. The first kappa shape index (κ1) is 40.4. The molecule has 4 unspecified atom stereocenters. The van der Waals surface area contributed by atoms with Gasteiger partial charge < -0.3 is 39.4 Å². The van der Waals surface area contributed by atoms with E-state index < -0.39 is 24.5 Å². The Morgan fingerprint density at radius 2 is 0.950 bits per heavy atom. The number of amidine groups is 2. The number of carbonyl (C=O) groups is 2. The molecule has 0 aliphatic carbocycles. The Morgan fingerprint density at radius 3 is 1.33 bits per heavy atom. The smallest absolute Gasteiger partial charge is 0.334 e. The van der Waals surface area contributed by atoms with Crippen LogP contribution in [0.5, 0.6) is 11.5 Å². The van der Waals surface area contributed by atoms with Crippen molar-refractivity contribution in [3.05, 3.63) is 121 Å². The van der Waals surface area contributed by atoms with Crippen LogP contribution >= 0.6 is 0 Å². The molecule has 14 heteroatoms. The average molecular weight is 813 g/mol. The van der Waals surface area contributed by atoms with Gasteiger partial charge in [0.05, 0.1) is 11.4 Å². The minimum absolute atomic E-state index is 0.178. The summed E-state index contributed by atoms with van der Waals surface area (Å²) in [7, 11) is 0. The number of hydrogen-bond donors (Lipinski definition) is 2. The Labute approximate surface area is 351 Å². The highest BCUT2D eigenvalue weighted by Crippen LogP contribution is 2.32. The van der Waals surface area contributed by atoms with Gasteiger partial charge in [-0.15, -0.1) is 0 Å². The molecule has 4 aliphatic heterocycles. The minimum atomic E-state index is -1.17. The summed E-state index contributed by atoms with van der Waals surface area (Å²) in [6.07, 6.45) is 0.816. The maximum Gasteiger partial charge on any atom is 0.334 e. The first-order chi connectivity index (χ1) is 29.4. The Morgan fingerprint density at radius 1 is 0.583 bits per heavy atom. The number of carbonyl (C=O) groups excluding carboxylic acids is 2. The van der Waals surface area contributed by atoms with Gasteiger partial charge in [-0.3, -0.25) is 9.80 Å². The van der Waals surface area contributed by atoms with Crippen LogP contribution < -0.4 is 29.9 Å². The second kappa shape index (κ2) is 19.1. The van der Waals surface area contributed by atoms with Crippen LogP contribution in [0.1, 0.15) is 26.7 Å². The zero-order valence-corrected chi connectivity index (χ0v) is 34.1. The number of esters is 2. The van der Waals surface area contributed by atoms with Gasteiger partial charge in [0.1, 0.15) is 23.8 Å². The fourth-order valence-electron chi connectivity index (χ4n) is 7.87. The van der Waals surface area contributed by atoms with Crippen LogP contribution in [0.4, 0.5) is 22.7 Å². The number of nitrogens with zero attached hydrogens (tertiary/aromatic N) is 6. The lowest BCUT2D eigenvalue weighted by atomic mass is 10.2. The first-order valence-corrected chi connectivity index (χ1v) is 20.8. The lowest BCUT2D eigenvalue weighted by Crippen LogP contribution is -2.51. The van der Waals surface area contributed by atoms with Crippen molar-refractivity contribution in [1.29, 1.82) is 0 Å². The molecule has 0 amide bonds. The second-order valence-electron chi connectivity index (χ2n) is 14.9. The molecule has 8 rings (SSSR count). The van der Waals surface area contributed by atoms with Crippen molar-refractivity contribution < 1.29 is 28.5 Å². The summed E-state index contributed by atoms with van der Waals surface area (Å²) in [4.78, 5) is 46.1. The number of fused-ring (bicyclic) bond motifs is 2. The van der Waals surface area contributed by atoms with Gasteiger partial charge in [-0.05, 0) is 61.4 Å². The number of ether oxygens (including phenoxy) is 4. The van der Waals surface area contributed by atoms with Gasteiger partial charge >= 0.3 is 24.5 Å². The Balaban J connectivity index is 0.924. The molecule has 0 bridgehead atoms. The van der Waals surface area contributed by atoms with E-state index in [-0.39, 0.29) is 12.3 Å². The largest absolute Gasteiger partial charge is 0.445 e. The van der Waals surface area contributed by atoms with E-state index in [0.717, 1.165) is 77.4 Å². The maximum absolute atomic E-state index is 13.3. The quantitative estimate of drug-likeness (QED) is 0.125. The van der Waals surface area contributed by atoms with E-state index in [4.69, 9.17) is 28.9 Å². The SMILES string of the molecule is CCC(N=C1Nc2ccccc2OC1OC(=O)/C=C/C(=O)OC1Oc2ccccc2NC1=NC(CC)N1CCN(c2ccccc2)CC1)N1CCN(c2ccccc2)CC1. The molecule has 0 radical (unpaired) electrons. The summed E-state index contributed by atoms with van der Waals surface area (Å²) >= 11 is 0. The van der Waals surface area contributed by atoms with Crippen LogP contribution in [0.25, 0.3) is 0 Å². The number of rotatable bonds is 12. The third kappa shape index (κ3) is 9.73.